The van der Waals surface area contributed by atoms with E-state index in [1.54, 1.807) is 35.0 Å². The van der Waals surface area contributed by atoms with Gasteiger partial charge in [0.25, 0.3) is 0 Å². The fourth-order valence-corrected chi connectivity index (χ4v) is 1.72. The van der Waals surface area contributed by atoms with Gasteiger partial charge < -0.3 is 15.0 Å². The summed E-state index contributed by atoms with van der Waals surface area (Å²) in [5.74, 6) is -0.491. The van der Waals surface area contributed by atoms with Crippen LogP contribution in [0, 0.1) is 11.3 Å². The van der Waals surface area contributed by atoms with Gasteiger partial charge >= 0.3 is 5.97 Å². The Morgan fingerprint density at radius 3 is 2.89 bits per heavy atom. The van der Waals surface area contributed by atoms with Crippen LogP contribution in [-0.2, 0) is 4.74 Å². The van der Waals surface area contributed by atoms with E-state index in [9.17, 15) is 4.79 Å². The van der Waals surface area contributed by atoms with Crippen molar-refractivity contribution in [2.75, 3.05) is 12.8 Å². The Labute approximate surface area is 104 Å². The first-order chi connectivity index (χ1) is 8.67. The topological polar surface area (TPSA) is 81.0 Å². The van der Waals surface area contributed by atoms with Crippen molar-refractivity contribution in [2.24, 2.45) is 0 Å². The fraction of sp³-hybridized carbons (Fsp3) is 0.0769. The SMILES string of the molecule is COC(=O)c1cc(N)ccc1-n1cccc1C#N. The molecule has 2 rings (SSSR count). The summed E-state index contributed by atoms with van der Waals surface area (Å²) in [6.07, 6.45) is 1.70. The first kappa shape index (κ1) is 11.7. The number of rotatable bonds is 2. The maximum atomic E-state index is 11.7. The highest BCUT2D eigenvalue weighted by Gasteiger charge is 2.15. The van der Waals surface area contributed by atoms with Crippen molar-refractivity contribution < 1.29 is 9.53 Å². The van der Waals surface area contributed by atoms with Gasteiger partial charge in [-0.25, -0.2) is 4.79 Å². The number of nitrogen functional groups attached to an aromatic ring is 1. The minimum atomic E-state index is -0.491. The smallest absolute Gasteiger partial charge is 0.340 e. The van der Waals surface area contributed by atoms with Crippen molar-refractivity contribution >= 4 is 11.7 Å². The van der Waals surface area contributed by atoms with Gasteiger partial charge in [0.15, 0.2) is 0 Å². The van der Waals surface area contributed by atoms with Crippen LogP contribution in [0.1, 0.15) is 16.1 Å². The second-order valence-electron chi connectivity index (χ2n) is 3.64. The van der Waals surface area contributed by atoms with Gasteiger partial charge in [0.2, 0.25) is 0 Å². The van der Waals surface area contributed by atoms with Gasteiger partial charge in [-0.1, -0.05) is 0 Å². The molecule has 0 saturated carbocycles. The molecule has 0 aliphatic carbocycles. The van der Waals surface area contributed by atoms with Crippen LogP contribution < -0.4 is 5.73 Å². The number of benzene rings is 1. The summed E-state index contributed by atoms with van der Waals surface area (Å²) in [4.78, 5) is 11.7. The molecule has 0 radical (unpaired) electrons. The van der Waals surface area contributed by atoms with Crippen molar-refractivity contribution in [2.45, 2.75) is 0 Å². The van der Waals surface area contributed by atoms with E-state index < -0.39 is 5.97 Å². The summed E-state index contributed by atoms with van der Waals surface area (Å²) in [5.41, 5.74) is 7.45. The summed E-state index contributed by atoms with van der Waals surface area (Å²) in [7, 11) is 1.30. The monoisotopic (exact) mass is 241 g/mol. The molecule has 0 unspecified atom stereocenters. The van der Waals surface area contributed by atoms with Crippen LogP contribution in [0.4, 0.5) is 5.69 Å². The average molecular weight is 241 g/mol. The highest BCUT2D eigenvalue weighted by atomic mass is 16.5. The molecule has 0 bridgehead atoms. The van der Waals surface area contributed by atoms with Gasteiger partial charge in [-0.3, -0.25) is 0 Å². The molecule has 1 aromatic carbocycles. The maximum absolute atomic E-state index is 11.7. The molecule has 2 aromatic rings. The van der Waals surface area contributed by atoms with Crippen molar-refractivity contribution in [3.8, 4) is 11.8 Å². The molecule has 0 atom stereocenters. The quantitative estimate of drug-likeness (QED) is 0.641. The van der Waals surface area contributed by atoms with Crippen molar-refractivity contribution in [3.63, 3.8) is 0 Å². The molecule has 1 heterocycles. The lowest BCUT2D eigenvalue weighted by Gasteiger charge is -2.10. The lowest BCUT2D eigenvalue weighted by molar-refractivity contribution is 0.0601. The summed E-state index contributed by atoms with van der Waals surface area (Å²) in [5, 5.41) is 9.00. The van der Waals surface area contributed by atoms with E-state index in [0.29, 0.717) is 22.6 Å². The van der Waals surface area contributed by atoms with Crippen LogP contribution in [0.2, 0.25) is 0 Å². The molecule has 90 valence electrons. The molecule has 0 aliphatic rings. The van der Waals surface area contributed by atoms with Gasteiger partial charge in [0.1, 0.15) is 11.8 Å². The van der Waals surface area contributed by atoms with E-state index in [1.165, 1.54) is 13.2 Å². The Balaban J connectivity index is 2.65. The molecule has 18 heavy (non-hydrogen) atoms. The predicted octanol–water partition coefficient (Wildman–Crippen LogP) is 1.72. The summed E-state index contributed by atoms with van der Waals surface area (Å²) in [6, 6.07) is 10.3. The minimum absolute atomic E-state index is 0.324. The summed E-state index contributed by atoms with van der Waals surface area (Å²) >= 11 is 0. The van der Waals surface area contributed by atoms with Crippen LogP contribution >= 0.6 is 0 Å². The molecular weight excluding hydrogens is 230 g/mol. The number of hydrogen-bond acceptors (Lipinski definition) is 4. The highest BCUT2D eigenvalue weighted by molar-refractivity contribution is 5.94. The van der Waals surface area contributed by atoms with Gasteiger partial charge in [0, 0.05) is 11.9 Å². The van der Waals surface area contributed by atoms with Crippen molar-refractivity contribution in [3.05, 3.63) is 47.8 Å². The number of nitrogens with zero attached hydrogens (tertiary/aromatic N) is 2. The standard InChI is InChI=1S/C13H11N3O2/c1-18-13(17)11-7-9(15)4-5-12(11)16-6-2-3-10(16)8-14/h2-7H,15H2,1H3. The number of nitrogens with two attached hydrogens (primary N) is 1. The molecule has 2 N–H and O–H groups in total. The number of esters is 1. The second kappa shape index (κ2) is 4.63. The number of hydrogen-bond donors (Lipinski definition) is 1. The molecule has 0 aliphatic heterocycles. The number of aromatic nitrogens is 1. The van der Waals surface area contributed by atoms with Gasteiger partial charge in [-0.2, -0.15) is 5.26 Å². The second-order valence-corrected chi connectivity index (χ2v) is 3.64. The normalized spacial score (nSPS) is 9.78. The lowest BCUT2D eigenvalue weighted by Crippen LogP contribution is -2.09. The molecule has 0 saturated heterocycles. The van der Waals surface area contributed by atoms with Crippen molar-refractivity contribution in [1.82, 2.24) is 4.57 Å². The number of anilines is 1. The minimum Gasteiger partial charge on any atom is -0.465 e. The summed E-state index contributed by atoms with van der Waals surface area (Å²) < 4.78 is 6.33. The first-order valence-electron chi connectivity index (χ1n) is 5.23. The molecule has 5 nitrogen and oxygen atoms in total. The van der Waals surface area contributed by atoms with Crippen LogP contribution in [0.3, 0.4) is 0 Å². The Morgan fingerprint density at radius 1 is 1.44 bits per heavy atom. The van der Waals surface area contributed by atoms with E-state index in [4.69, 9.17) is 15.7 Å². The van der Waals surface area contributed by atoms with Crippen LogP contribution in [0.15, 0.2) is 36.5 Å². The Hall–Kier alpha value is -2.74. The Bertz CT molecular complexity index is 638. The number of ether oxygens (including phenoxy) is 1. The predicted molar refractivity (Wildman–Crippen MR) is 66.2 cm³/mol. The third-order valence-corrected chi connectivity index (χ3v) is 2.55. The lowest BCUT2D eigenvalue weighted by atomic mass is 10.1. The Morgan fingerprint density at radius 2 is 2.22 bits per heavy atom. The van der Waals surface area contributed by atoms with Gasteiger partial charge in [0.05, 0.1) is 18.4 Å². The van der Waals surface area contributed by atoms with Crippen LogP contribution in [-0.4, -0.2) is 17.6 Å². The molecule has 0 amide bonds. The number of carbonyl (C=O) groups is 1. The third-order valence-electron chi connectivity index (χ3n) is 2.55. The molecule has 5 heteroatoms. The summed E-state index contributed by atoms with van der Waals surface area (Å²) in [6.45, 7) is 0. The fourth-order valence-electron chi connectivity index (χ4n) is 1.72. The zero-order valence-electron chi connectivity index (χ0n) is 9.75. The molecular formula is C13H11N3O2. The Kier molecular flexibility index (Phi) is 3.02. The molecule has 1 aromatic heterocycles. The van der Waals surface area contributed by atoms with E-state index in [0.717, 1.165) is 0 Å². The molecule has 0 fully saturated rings. The average Bonchev–Trinajstić information content (AvgIpc) is 2.85. The van der Waals surface area contributed by atoms with E-state index in [2.05, 4.69) is 6.07 Å². The van der Waals surface area contributed by atoms with Crippen LogP contribution in [0.25, 0.3) is 5.69 Å². The van der Waals surface area contributed by atoms with E-state index >= 15 is 0 Å². The molecule has 0 spiro atoms. The number of carbonyl (C=O) groups excluding carboxylic acids is 1. The van der Waals surface area contributed by atoms with Crippen LogP contribution in [0.5, 0.6) is 0 Å². The van der Waals surface area contributed by atoms with E-state index in [-0.39, 0.29) is 0 Å². The highest BCUT2D eigenvalue weighted by Crippen LogP contribution is 2.21. The zero-order chi connectivity index (χ0) is 13.1. The van der Waals surface area contributed by atoms with E-state index in [1.807, 2.05) is 0 Å². The number of methoxy groups -OCH3 is 1. The largest absolute Gasteiger partial charge is 0.465 e. The number of nitriles is 1. The van der Waals surface area contributed by atoms with Gasteiger partial charge in [-0.15, -0.1) is 0 Å². The zero-order valence-corrected chi connectivity index (χ0v) is 9.75. The first-order valence-corrected chi connectivity index (χ1v) is 5.23. The third kappa shape index (κ3) is 1.92. The maximum Gasteiger partial charge on any atom is 0.340 e. The van der Waals surface area contributed by atoms with Crippen molar-refractivity contribution in [1.29, 1.82) is 5.26 Å². The van der Waals surface area contributed by atoms with Gasteiger partial charge in [-0.05, 0) is 30.3 Å².